The van der Waals surface area contributed by atoms with Gasteiger partial charge in [0.25, 0.3) is 0 Å². The normalized spacial score (nSPS) is 31.4. The summed E-state index contributed by atoms with van der Waals surface area (Å²) in [5, 5.41) is 0. The van der Waals surface area contributed by atoms with E-state index in [2.05, 4.69) is 0 Å². The summed E-state index contributed by atoms with van der Waals surface area (Å²) in [6.45, 7) is 9.70. The molecule has 3 nitrogen and oxygen atoms in total. The van der Waals surface area contributed by atoms with Crippen molar-refractivity contribution >= 4 is 5.78 Å². The van der Waals surface area contributed by atoms with Crippen LogP contribution in [-0.2, 0) is 9.53 Å². The van der Waals surface area contributed by atoms with Gasteiger partial charge in [0.2, 0.25) is 0 Å². The van der Waals surface area contributed by atoms with Gasteiger partial charge in [-0.3, -0.25) is 4.79 Å². The van der Waals surface area contributed by atoms with E-state index in [0.717, 1.165) is 6.42 Å². The fourth-order valence-corrected chi connectivity index (χ4v) is 2.32. The van der Waals surface area contributed by atoms with E-state index >= 15 is 0 Å². The van der Waals surface area contributed by atoms with Crippen molar-refractivity contribution in [2.75, 3.05) is 0 Å². The first-order valence-electron chi connectivity index (χ1n) is 5.15. The highest BCUT2D eigenvalue weighted by Crippen LogP contribution is 2.42. The number of hydrogen-bond acceptors (Lipinski definition) is 3. The average Bonchev–Trinajstić information content (AvgIpc) is 2.17. The topological polar surface area (TPSA) is 52.3 Å². The van der Waals surface area contributed by atoms with Crippen molar-refractivity contribution in [1.29, 1.82) is 0 Å². The van der Waals surface area contributed by atoms with Crippen molar-refractivity contribution in [2.24, 2.45) is 11.7 Å². The first kappa shape index (κ1) is 11.7. The first-order chi connectivity index (χ1) is 6.16. The van der Waals surface area contributed by atoms with Crippen LogP contribution >= 0.6 is 0 Å². The molecule has 0 aliphatic carbocycles. The Morgan fingerprint density at radius 1 is 1.43 bits per heavy atom. The summed E-state index contributed by atoms with van der Waals surface area (Å²) in [5.74, 6) is 0.0399. The van der Waals surface area contributed by atoms with Crippen molar-refractivity contribution in [3.63, 3.8) is 0 Å². The van der Waals surface area contributed by atoms with Gasteiger partial charge in [0.15, 0.2) is 5.78 Å². The van der Waals surface area contributed by atoms with E-state index in [0.29, 0.717) is 0 Å². The zero-order chi connectivity index (χ0) is 11.1. The molecule has 3 heteroatoms. The number of nitrogens with two attached hydrogens (primary N) is 1. The second-order valence-electron chi connectivity index (χ2n) is 5.41. The lowest BCUT2D eigenvalue weighted by molar-refractivity contribution is -0.130. The molecule has 0 aromatic carbocycles. The van der Waals surface area contributed by atoms with Crippen LogP contribution in [0.25, 0.3) is 0 Å². The van der Waals surface area contributed by atoms with Gasteiger partial charge in [-0.25, -0.2) is 0 Å². The van der Waals surface area contributed by atoms with Crippen molar-refractivity contribution in [2.45, 2.75) is 58.3 Å². The summed E-state index contributed by atoms with van der Waals surface area (Å²) < 4.78 is 5.84. The molecule has 82 valence electrons. The summed E-state index contributed by atoms with van der Waals surface area (Å²) in [4.78, 5) is 11.8. The highest BCUT2D eigenvalue weighted by Gasteiger charge is 2.49. The van der Waals surface area contributed by atoms with Crippen molar-refractivity contribution < 1.29 is 9.53 Å². The van der Waals surface area contributed by atoms with Crippen LogP contribution in [0.3, 0.4) is 0 Å². The molecule has 2 N–H and O–H groups in total. The van der Waals surface area contributed by atoms with Gasteiger partial charge in [-0.15, -0.1) is 0 Å². The lowest BCUT2D eigenvalue weighted by Gasteiger charge is -2.27. The maximum Gasteiger partial charge on any atom is 0.155 e. The van der Waals surface area contributed by atoms with Gasteiger partial charge in [0, 0.05) is 0 Å². The minimum atomic E-state index is -0.392. The smallest absolute Gasteiger partial charge is 0.155 e. The molecule has 0 saturated carbocycles. The lowest BCUT2D eigenvalue weighted by atomic mass is 9.82. The van der Waals surface area contributed by atoms with E-state index in [1.165, 1.54) is 0 Å². The molecule has 0 aromatic heterocycles. The van der Waals surface area contributed by atoms with Gasteiger partial charge in [-0.2, -0.15) is 0 Å². The number of Topliss-reactive ketones (excluding diaryl/α,β-unsaturated/α-hetero) is 1. The van der Waals surface area contributed by atoms with Gasteiger partial charge >= 0.3 is 0 Å². The van der Waals surface area contributed by atoms with Crippen LogP contribution in [0.5, 0.6) is 0 Å². The minimum Gasteiger partial charge on any atom is -0.369 e. The zero-order valence-corrected chi connectivity index (χ0v) is 9.76. The molecule has 0 amide bonds. The summed E-state index contributed by atoms with van der Waals surface area (Å²) in [6, 6.07) is -0.392. The predicted molar refractivity (Wildman–Crippen MR) is 56.0 cm³/mol. The molecule has 1 aliphatic rings. The highest BCUT2D eigenvalue weighted by atomic mass is 16.5. The number of carbonyl (C=O) groups excluding carboxylic acids is 1. The second-order valence-corrected chi connectivity index (χ2v) is 5.41. The van der Waals surface area contributed by atoms with Crippen LogP contribution in [0.2, 0.25) is 0 Å². The molecule has 0 spiro atoms. The molecular weight excluding hydrogens is 178 g/mol. The standard InChI is InChI=1S/C11H21NO2/c1-7(12)9(13)8-6-10(2,3)14-11(8,4)5/h7-8H,6,12H2,1-5H3. The fourth-order valence-electron chi connectivity index (χ4n) is 2.32. The van der Waals surface area contributed by atoms with Crippen molar-refractivity contribution in [1.82, 2.24) is 0 Å². The van der Waals surface area contributed by atoms with Gasteiger partial charge in [0.05, 0.1) is 23.2 Å². The van der Waals surface area contributed by atoms with Crippen molar-refractivity contribution in [3.8, 4) is 0 Å². The second kappa shape index (κ2) is 3.31. The third-order valence-corrected chi connectivity index (χ3v) is 2.87. The van der Waals surface area contributed by atoms with E-state index in [1.807, 2.05) is 27.7 Å². The van der Waals surface area contributed by atoms with Gasteiger partial charge in [0.1, 0.15) is 0 Å². The van der Waals surface area contributed by atoms with Crippen LogP contribution in [-0.4, -0.2) is 23.0 Å². The Bertz CT molecular complexity index is 244. The quantitative estimate of drug-likeness (QED) is 0.733. The molecule has 1 rings (SSSR count). The SMILES string of the molecule is CC(N)C(=O)C1CC(C)(C)OC1(C)C. The Hall–Kier alpha value is -0.410. The third-order valence-electron chi connectivity index (χ3n) is 2.87. The van der Waals surface area contributed by atoms with E-state index in [9.17, 15) is 4.79 Å². The van der Waals surface area contributed by atoms with E-state index in [4.69, 9.17) is 10.5 Å². The lowest BCUT2D eigenvalue weighted by Crippen LogP contribution is -2.41. The molecule has 1 fully saturated rings. The van der Waals surface area contributed by atoms with Crippen LogP contribution < -0.4 is 5.73 Å². The number of ketones is 1. The monoisotopic (exact) mass is 199 g/mol. The maximum atomic E-state index is 11.8. The molecule has 0 bridgehead atoms. The third kappa shape index (κ3) is 2.15. The molecule has 1 saturated heterocycles. The Labute approximate surface area is 86.0 Å². The minimum absolute atomic E-state index is 0.0718. The zero-order valence-electron chi connectivity index (χ0n) is 9.76. The Balaban J connectivity index is 2.85. The van der Waals surface area contributed by atoms with Crippen LogP contribution in [0.15, 0.2) is 0 Å². The largest absolute Gasteiger partial charge is 0.369 e. The maximum absolute atomic E-state index is 11.8. The van der Waals surface area contributed by atoms with Gasteiger partial charge in [-0.1, -0.05) is 0 Å². The number of carbonyl (C=O) groups is 1. The molecule has 0 radical (unpaired) electrons. The number of rotatable bonds is 2. The van der Waals surface area contributed by atoms with Gasteiger partial charge < -0.3 is 10.5 Å². The number of hydrogen-bond donors (Lipinski definition) is 1. The highest BCUT2D eigenvalue weighted by molar-refractivity contribution is 5.87. The predicted octanol–water partition coefficient (Wildman–Crippen LogP) is 1.50. The average molecular weight is 199 g/mol. The molecule has 2 unspecified atom stereocenters. The van der Waals surface area contributed by atoms with E-state index in [1.54, 1.807) is 6.92 Å². The fraction of sp³-hybridized carbons (Fsp3) is 0.909. The number of ether oxygens (including phenoxy) is 1. The van der Waals surface area contributed by atoms with Crippen molar-refractivity contribution in [3.05, 3.63) is 0 Å². The Morgan fingerprint density at radius 3 is 2.21 bits per heavy atom. The molecule has 2 atom stereocenters. The molecule has 0 aromatic rings. The van der Waals surface area contributed by atoms with Crippen LogP contribution in [0.4, 0.5) is 0 Å². The van der Waals surface area contributed by atoms with Crippen LogP contribution in [0, 0.1) is 5.92 Å². The van der Waals surface area contributed by atoms with E-state index in [-0.39, 0.29) is 22.9 Å². The summed E-state index contributed by atoms with van der Waals surface area (Å²) >= 11 is 0. The van der Waals surface area contributed by atoms with E-state index < -0.39 is 6.04 Å². The Morgan fingerprint density at radius 2 is 1.93 bits per heavy atom. The molecule has 1 heterocycles. The molecular formula is C11H21NO2. The molecule has 1 aliphatic heterocycles. The summed E-state index contributed by atoms with van der Waals surface area (Å²) in [6.07, 6.45) is 0.764. The molecule has 14 heavy (non-hydrogen) atoms. The Kier molecular flexibility index (Phi) is 2.76. The first-order valence-corrected chi connectivity index (χ1v) is 5.15. The summed E-state index contributed by atoms with van der Waals surface area (Å²) in [5.41, 5.74) is 5.03. The van der Waals surface area contributed by atoms with Gasteiger partial charge in [-0.05, 0) is 41.0 Å². The van der Waals surface area contributed by atoms with Crippen LogP contribution in [0.1, 0.15) is 41.0 Å². The summed E-state index contributed by atoms with van der Waals surface area (Å²) in [7, 11) is 0.